The lowest BCUT2D eigenvalue weighted by atomic mass is 9.97. The Kier molecular flexibility index (Phi) is 5.55. The molecule has 0 saturated heterocycles. The Morgan fingerprint density at radius 2 is 2.11 bits per heavy atom. The van der Waals surface area contributed by atoms with Crippen LogP contribution in [-0.4, -0.2) is 15.9 Å². The Bertz CT molecular complexity index is 461. The Balaban J connectivity index is 2.76. The van der Waals surface area contributed by atoms with E-state index in [1.165, 1.54) is 6.08 Å². The average molecular weight is 261 g/mol. The number of aliphatic hydroxyl groups excluding tert-OH is 1. The molecule has 0 fully saturated rings. The smallest absolute Gasteiger partial charge is 0.154 e. The van der Waals surface area contributed by atoms with Crippen molar-refractivity contribution in [1.82, 2.24) is 4.98 Å². The number of nitrogens with two attached hydrogens (primary N) is 1. The fourth-order valence-corrected chi connectivity index (χ4v) is 1.81. The molecule has 1 atom stereocenters. The predicted molar refractivity (Wildman–Crippen MR) is 79.6 cm³/mol. The van der Waals surface area contributed by atoms with Crippen LogP contribution in [0.5, 0.6) is 0 Å². The highest BCUT2D eigenvalue weighted by molar-refractivity contribution is 5.93. The van der Waals surface area contributed by atoms with Crippen LogP contribution < -0.4 is 5.73 Å². The Labute approximate surface area is 115 Å². The summed E-state index contributed by atoms with van der Waals surface area (Å²) in [7, 11) is 0. The molecule has 0 radical (unpaired) electrons. The summed E-state index contributed by atoms with van der Waals surface area (Å²) in [5.74, 6) is 1.69. The van der Waals surface area contributed by atoms with Gasteiger partial charge < -0.3 is 10.8 Å². The van der Waals surface area contributed by atoms with E-state index in [0.29, 0.717) is 11.7 Å². The van der Waals surface area contributed by atoms with Crippen molar-refractivity contribution in [2.45, 2.75) is 34.1 Å². The van der Waals surface area contributed by atoms with Crippen molar-refractivity contribution in [3.8, 4) is 0 Å². The van der Waals surface area contributed by atoms with Crippen LogP contribution in [0.15, 0.2) is 35.2 Å². The second-order valence-electron chi connectivity index (χ2n) is 5.33. The van der Waals surface area contributed by atoms with Gasteiger partial charge in [0.2, 0.25) is 0 Å². The lowest BCUT2D eigenvalue weighted by molar-refractivity contribution is 0.313. The molecule has 1 aromatic heterocycles. The summed E-state index contributed by atoms with van der Waals surface area (Å²) in [6.07, 6.45) is 4.16. The van der Waals surface area contributed by atoms with Gasteiger partial charge in [0.05, 0.1) is 5.76 Å². The number of aliphatic hydroxyl groups is 1. The molecule has 0 amide bonds. The van der Waals surface area contributed by atoms with Crippen LogP contribution in [0, 0.1) is 18.8 Å². The van der Waals surface area contributed by atoms with Gasteiger partial charge in [-0.2, -0.15) is 0 Å². The monoisotopic (exact) mass is 261 g/mol. The van der Waals surface area contributed by atoms with E-state index >= 15 is 0 Å². The highest BCUT2D eigenvalue weighted by Crippen LogP contribution is 2.17. The summed E-state index contributed by atoms with van der Waals surface area (Å²) < 4.78 is 0. The van der Waals surface area contributed by atoms with E-state index in [1.807, 2.05) is 19.9 Å². The standard InChI is InChI=1S/C15H23N3O/c1-10(2)7-12(4)13(19)8-14(16)18-15-6-5-11(3)9-17-15/h5-6,8-10,12,19H,7H2,1-4H3,(H2,16,17,18)/b13-8-. The quantitative estimate of drug-likeness (QED) is 0.484. The first-order valence-corrected chi connectivity index (χ1v) is 6.56. The van der Waals surface area contributed by atoms with Crippen LogP contribution in [-0.2, 0) is 0 Å². The third-order valence-electron chi connectivity index (χ3n) is 2.77. The number of hydrogen-bond donors (Lipinski definition) is 2. The molecule has 0 bridgehead atoms. The summed E-state index contributed by atoms with van der Waals surface area (Å²) in [6.45, 7) is 8.18. The Morgan fingerprint density at radius 3 is 2.63 bits per heavy atom. The largest absolute Gasteiger partial charge is 0.512 e. The summed E-state index contributed by atoms with van der Waals surface area (Å²) in [4.78, 5) is 8.29. The molecule has 0 spiro atoms. The van der Waals surface area contributed by atoms with Gasteiger partial charge in [-0.3, -0.25) is 0 Å². The maximum absolute atomic E-state index is 9.94. The minimum absolute atomic E-state index is 0.0831. The summed E-state index contributed by atoms with van der Waals surface area (Å²) in [5, 5.41) is 9.94. The molecule has 104 valence electrons. The van der Waals surface area contributed by atoms with Gasteiger partial charge in [0.15, 0.2) is 5.82 Å². The van der Waals surface area contributed by atoms with Crippen molar-refractivity contribution in [1.29, 1.82) is 0 Å². The molecular formula is C15H23N3O. The first-order chi connectivity index (χ1) is 8.88. The number of aryl methyl sites for hydroxylation is 1. The minimum atomic E-state index is 0.0831. The second kappa shape index (κ2) is 6.92. The number of amidine groups is 1. The Morgan fingerprint density at radius 1 is 1.42 bits per heavy atom. The number of hydrogen-bond acceptors (Lipinski definition) is 3. The van der Waals surface area contributed by atoms with Gasteiger partial charge >= 0.3 is 0 Å². The molecule has 19 heavy (non-hydrogen) atoms. The van der Waals surface area contributed by atoms with Crippen molar-refractivity contribution < 1.29 is 5.11 Å². The zero-order valence-corrected chi connectivity index (χ0v) is 12.1. The van der Waals surface area contributed by atoms with Crippen molar-refractivity contribution in [2.24, 2.45) is 22.6 Å². The molecule has 1 heterocycles. The highest BCUT2D eigenvalue weighted by atomic mass is 16.3. The molecule has 0 aliphatic heterocycles. The van der Waals surface area contributed by atoms with Gasteiger partial charge in [0.25, 0.3) is 0 Å². The summed E-state index contributed by atoms with van der Waals surface area (Å²) in [6, 6.07) is 3.72. The van der Waals surface area contributed by atoms with Crippen molar-refractivity contribution in [2.75, 3.05) is 0 Å². The molecule has 4 heteroatoms. The number of aromatic nitrogens is 1. The van der Waals surface area contributed by atoms with E-state index < -0.39 is 0 Å². The van der Waals surface area contributed by atoms with E-state index in [-0.39, 0.29) is 17.5 Å². The fraction of sp³-hybridized carbons (Fsp3) is 0.467. The predicted octanol–water partition coefficient (Wildman–Crippen LogP) is 3.50. The first-order valence-electron chi connectivity index (χ1n) is 6.56. The fourth-order valence-electron chi connectivity index (χ4n) is 1.81. The third kappa shape index (κ3) is 5.55. The van der Waals surface area contributed by atoms with Gasteiger partial charge in [0.1, 0.15) is 5.84 Å². The maximum Gasteiger partial charge on any atom is 0.154 e. The van der Waals surface area contributed by atoms with E-state index in [1.54, 1.807) is 12.3 Å². The second-order valence-corrected chi connectivity index (χ2v) is 5.33. The summed E-state index contributed by atoms with van der Waals surface area (Å²) in [5.41, 5.74) is 6.86. The number of pyridine rings is 1. The SMILES string of the molecule is Cc1ccc(N=C(N)/C=C(\O)C(C)CC(C)C)nc1. The summed E-state index contributed by atoms with van der Waals surface area (Å²) >= 11 is 0. The zero-order valence-electron chi connectivity index (χ0n) is 12.1. The molecule has 3 N–H and O–H groups in total. The molecule has 0 aliphatic rings. The van der Waals surface area contributed by atoms with Crippen LogP contribution in [0.3, 0.4) is 0 Å². The molecule has 1 rings (SSSR count). The number of allylic oxidation sites excluding steroid dienone is 1. The van der Waals surface area contributed by atoms with Crippen LogP contribution in [0.25, 0.3) is 0 Å². The van der Waals surface area contributed by atoms with Gasteiger partial charge in [-0.05, 0) is 30.9 Å². The molecule has 4 nitrogen and oxygen atoms in total. The number of rotatable bonds is 5. The van der Waals surface area contributed by atoms with Crippen LogP contribution >= 0.6 is 0 Å². The van der Waals surface area contributed by atoms with Crippen molar-refractivity contribution in [3.05, 3.63) is 35.7 Å². The normalized spacial score (nSPS) is 14.8. The topological polar surface area (TPSA) is 71.5 Å². The van der Waals surface area contributed by atoms with Gasteiger partial charge in [0, 0.05) is 18.2 Å². The molecule has 0 saturated carbocycles. The maximum atomic E-state index is 9.94. The molecule has 0 aliphatic carbocycles. The van der Waals surface area contributed by atoms with E-state index in [2.05, 4.69) is 23.8 Å². The lowest BCUT2D eigenvalue weighted by Gasteiger charge is -2.12. The van der Waals surface area contributed by atoms with E-state index in [0.717, 1.165) is 12.0 Å². The molecule has 1 aromatic rings. The Hall–Kier alpha value is -1.84. The third-order valence-corrected chi connectivity index (χ3v) is 2.77. The van der Waals surface area contributed by atoms with Gasteiger partial charge in [-0.15, -0.1) is 0 Å². The number of nitrogens with zero attached hydrogens (tertiary/aromatic N) is 2. The van der Waals surface area contributed by atoms with Crippen LogP contribution in [0.4, 0.5) is 5.82 Å². The molecule has 0 aromatic carbocycles. The van der Waals surface area contributed by atoms with Gasteiger partial charge in [-0.1, -0.05) is 26.8 Å². The van der Waals surface area contributed by atoms with Crippen molar-refractivity contribution >= 4 is 11.7 Å². The molecule has 1 unspecified atom stereocenters. The van der Waals surface area contributed by atoms with Gasteiger partial charge in [-0.25, -0.2) is 9.98 Å². The number of aliphatic imine (C=N–C) groups is 1. The minimum Gasteiger partial charge on any atom is -0.512 e. The first kappa shape index (κ1) is 15.2. The zero-order chi connectivity index (χ0) is 14.4. The highest BCUT2D eigenvalue weighted by Gasteiger charge is 2.09. The molecular weight excluding hydrogens is 238 g/mol. The van der Waals surface area contributed by atoms with Crippen LogP contribution in [0.1, 0.15) is 32.8 Å². The van der Waals surface area contributed by atoms with E-state index in [4.69, 9.17) is 5.73 Å². The lowest BCUT2D eigenvalue weighted by Crippen LogP contribution is -2.12. The van der Waals surface area contributed by atoms with E-state index in [9.17, 15) is 5.11 Å². The average Bonchev–Trinajstić information content (AvgIpc) is 2.31. The van der Waals surface area contributed by atoms with Crippen molar-refractivity contribution in [3.63, 3.8) is 0 Å². The van der Waals surface area contributed by atoms with Crippen LogP contribution in [0.2, 0.25) is 0 Å².